The number of rotatable bonds is 7. The average molecular weight is 410 g/mol. The van der Waals surface area contributed by atoms with E-state index in [9.17, 15) is 4.79 Å². The summed E-state index contributed by atoms with van der Waals surface area (Å²) in [5.41, 5.74) is 1.69. The van der Waals surface area contributed by atoms with Crippen LogP contribution in [0.4, 0.5) is 11.4 Å². The third kappa shape index (κ3) is 5.55. The highest BCUT2D eigenvalue weighted by Gasteiger charge is 2.02. The van der Waals surface area contributed by atoms with Crippen LogP contribution in [0.25, 0.3) is 0 Å². The molecule has 2 aromatic rings. The number of anilines is 2. The first-order valence-corrected chi connectivity index (χ1v) is 8.27. The van der Waals surface area contributed by atoms with Gasteiger partial charge in [0.05, 0.1) is 13.2 Å². The summed E-state index contributed by atoms with van der Waals surface area (Å²) >= 11 is 2.23. The van der Waals surface area contributed by atoms with E-state index in [1.54, 1.807) is 0 Å². The standard InChI is InChI=1S/C17H19IN2O2/c1-2-11-22-16-9-7-14(8-10-16)19-12-17(21)20-15-5-3-13(18)4-6-15/h3-10,19H,2,11-12H2,1H3,(H,20,21). The minimum atomic E-state index is -0.0764. The van der Waals surface area contributed by atoms with E-state index in [0.717, 1.165) is 27.1 Å². The van der Waals surface area contributed by atoms with Gasteiger partial charge in [-0.3, -0.25) is 4.79 Å². The van der Waals surface area contributed by atoms with Gasteiger partial charge in [0, 0.05) is 14.9 Å². The number of halogens is 1. The van der Waals surface area contributed by atoms with Gasteiger partial charge in [-0.2, -0.15) is 0 Å². The molecule has 0 atom stereocenters. The number of benzene rings is 2. The summed E-state index contributed by atoms with van der Waals surface area (Å²) in [5.74, 6) is 0.767. The Morgan fingerprint density at radius 3 is 2.32 bits per heavy atom. The van der Waals surface area contributed by atoms with Crippen LogP contribution < -0.4 is 15.4 Å². The van der Waals surface area contributed by atoms with Gasteiger partial charge in [0.25, 0.3) is 0 Å². The Labute approximate surface area is 144 Å². The molecule has 0 bridgehead atoms. The van der Waals surface area contributed by atoms with Crippen molar-refractivity contribution >= 4 is 39.9 Å². The summed E-state index contributed by atoms with van der Waals surface area (Å²) in [6.45, 7) is 3.01. The molecule has 0 saturated carbocycles. The van der Waals surface area contributed by atoms with Crippen molar-refractivity contribution in [1.82, 2.24) is 0 Å². The van der Waals surface area contributed by atoms with Crippen molar-refractivity contribution in [3.05, 3.63) is 52.1 Å². The van der Waals surface area contributed by atoms with Gasteiger partial charge in [0.1, 0.15) is 5.75 Å². The van der Waals surface area contributed by atoms with Gasteiger partial charge in [-0.1, -0.05) is 6.92 Å². The Morgan fingerprint density at radius 1 is 1.05 bits per heavy atom. The molecule has 0 unspecified atom stereocenters. The second-order valence-electron chi connectivity index (χ2n) is 4.78. The summed E-state index contributed by atoms with van der Waals surface area (Å²) in [6.07, 6.45) is 0.985. The Bertz CT molecular complexity index is 597. The van der Waals surface area contributed by atoms with Gasteiger partial charge in [-0.15, -0.1) is 0 Å². The predicted molar refractivity (Wildman–Crippen MR) is 98.5 cm³/mol. The maximum atomic E-state index is 11.9. The first-order chi connectivity index (χ1) is 10.7. The van der Waals surface area contributed by atoms with Crippen LogP contribution in [0.1, 0.15) is 13.3 Å². The largest absolute Gasteiger partial charge is 0.494 e. The van der Waals surface area contributed by atoms with E-state index in [0.29, 0.717) is 6.61 Å². The zero-order chi connectivity index (χ0) is 15.8. The minimum absolute atomic E-state index is 0.0764. The predicted octanol–water partition coefficient (Wildman–Crippen LogP) is 4.13. The van der Waals surface area contributed by atoms with Crippen molar-refractivity contribution in [3.8, 4) is 5.75 Å². The molecule has 0 radical (unpaired) electrons. The zero-order valence-electron chi connectivity index (χ0n) is 12.4. The molecule has 1 amide bonds. The SMILES string of the molecule is CCCOc1ccc(NCC(=O)Nc2ccc(I)cc2)cc1. The summed E-state index contributed by atoms with van der Waals surface area (Å²) in [5, 5.41) is 5.94. The fourth-order valence-electron chi connectivity index (χ4n) is 1.81. The smallest absolute Gasteiger partial charge is 0.243 e. The van der Waals surface area contributed by atoms with Gasteiger partial charge in [-0.25, -0.2) is 0 Å². The van der Waals surface area contributed by atoms with Gasteiger partial charge in [0.2, 0.25) is 5.91 Å². The Balaban J connectivity index is 1.79. The molecular formula is C17H19IN2O2. The van der Waals surface area contributed by atoms with E-state index < -0.39 is 0 Å². The molecule has 22 heavy (non-hydrogen) atoms. The molecule has 5 heteroatoms. The maximum Gasteiger partial charge on any atom is 0.243 e. The first-order valence-electron chi connectivity index (χ1n) is 7.19. The highest BCUT2D eigenvalue weighted by Crippen LogP contribution is 2.16. The van der Waals surface area contributed by atoms with E-state index in [1.807, 2.05) is 48.5 Å². The number of ether oxygens (including phenoxy) is 1. The van der Waals surface area contributed by atoms with E-state index >= 15 is 0 Å². The average Bonchev–Trinajstić information content (AvgIpc) is 2.54. The maximum absolute atomic E-state index is 11.9. The molecular weight excluding hydrogens is 391 g/mol. The van der Waals surface area contributed by atoms with E-state index in [-0.39, 0.29) is 12.5 Å². The van der Waals surface area contributed by atoms with Crippen molar-refractivity contribution < 1.29 is 9.53 Å². The molecule has 0 saturated heterocycles. The molecule has 0 aromatic heterocycles. The summed E-state index contributed by atoms with van der Waals surface area (Å²) in [7, 11) is 0. The Morgan fingerprint density at radius 2 is 1.68 bits per heavy atom. The molecule has 0 heterocycles. The number of hydrogen-bond acceptors (Lipinski definition) is 3. The number of nitrogens with one attached hydrogen (secondary N) is 2. The lowest BCUT2D eigenvalue weighted by Crippen LogP contribution is -2.21. The van der Waals surface area contributed by atoms with Crippen molar-refractivity contribution in [2.45, 2.75) is 13.3 Å². The highest BCUT2D eigenvalue weighted by atomic mass is 127. The highest BCUT2D eigenvalue weighted by molar-refractivity contribution is 14.1. The molecule has 2 aromatic carbocycles. The van der Waals surface area contributed by atoms with Crippen molar-refractivity contribution in [2.24, 2.45) is 0 Å². The quantitative estimate of drug-likeness (QED) is 0.675. The summed E-state index contributed by atoms with van der Waals surface area (Å²) in [6, 6.07) is 15.3. The van der Waals surface area contributed by atoms with Gasteiger partial charge < -0.3 is 15.4 Å². The second kappa shape index (κ2) is 8.63. The van der Waals surface area contributed by atoms with Crippen molar-refractivity contribution in [3.63, 3.8) is 0 Å². The van der Waals surface area contributed by atoms with Crippen LogP contribution in [0.15, 0.2) is 48.5 Å². The normalized spacial score (nSPS) is 10.1. The monoisotopic (exact) mass is 410 g/mol. The number of amides is 1. The Hall–Kier alpha value is -1.76. The molecule has 0 aliphatic rings. The summed E-state index contributed by atoms with van der Waals surface area (Å²) in [4.78, 5) is 11.9. The van der Waals surface area contributed by atoms with E-state index in [4.69, 9.17) is 4.74 Å². The Kier molecular flexibility index (Phi) is 6.51. The van der Waals surface area contributed by atoms with Crippen LogP contribution in [0.2, 0.25) is 0 Å². The van der Waals surface area contributed by atoms with Crippen molar-refractivity contribution in [1.29, 1.82) is 0 Å². The lowest BCUT2D eigenvalue weighted by atomic mass is 10.3. The van der Waals surface area contributed by atoms with Crippen molar-refractivity contribution in [2.75, 3.05) is 23.8 Å². The second-order valence-corrected chi connectivity index (χ2v) is 6.03. The summed E-state index contributed by atoms with van der Waals surface area (Å²) < 4.78 is 6.65. The molecule has 4 nitrogen and oxygen atoms in total. The fraction of sp³-hybridized carbons (Fsp3) is 0.235. The molecule has 0 fully saturated rings. The molecule has 0 aliphatic heterocycles. The van der Waals surface area contributed by atoms with Crippen LogP contribution in [-0.2, 0) is 4.79 Å². The molecule has 0 aliphatic carbocycles. The topological polar surface area (TPSA) is 50.4 Å². The molecule has 0 spiro atoms. The molecule has 2 rings (SSSR count). The lowest BCUT2D eigenvalue weighted by molar-refractivity contribution is -0.114. The van der Waals surface area contributed by atoms with Crippen LogP contribution in [0.3, 0.4) is 0 Å². The third-order valence-electron chi connectivity index (χ3n) is 2.91. The van der Waals surface area contributed by atoms with Crippen LogP contribution in [0.5, 0.6) is 5.75 Å². The minimum Gasteiger partial charge on any atom is -0.494 e. The third-order valence-corrected chi connectivity index (χ3v) is 3.63. The van der Waals surface area contributed by atoms with E-state index in [1.165, 1.54) is 0 Å². The zero-order valence-corrected chi connectivity index (χ0v) is 14.6. The van der Waals surface area contributed by atoms with Gasteiger partial charge >= 0.3 is 0 Å². The number of carbonyl (C=O) groups is 1. The van der Waals surface area contributed by atoms with Crippen LogP contribution in [-0.4, -0.2) is 19.1 Å². The number of carbonyl (C=O) groups excluding carboxylic acids is 1. The van der Waals surface area contributed by atoms with Crippen LogP contribution in [0, 0.1) is 3.57 Å². The van der Waals surface area contributed by atoms with Gasteiger partial charge in [-0.05, 0) is 77.5 Å². The van der Waals surface area contributed by atoms with E-state index in [2.05, 4.69) is 40.1 Å². The molecule has 2 N–H and O–H groups in total. The number of hydrogen-bond donors (Lipinski definition) is 2. The molecule has 116 valence electrons. The lowest BCUT2D eigenvalue weighted by Gasteiger charge is -2.09. The van der Waals surface area contributed by atoms with Gasteiger partial charge in [0.15, 0.2) is 0 Å². The fourth-order valence-corrected chi connectivity index (χ4v) is 2.17. The van der Waals surface area contributed by atoms with Crippen LogP contribution >= 0.6 is 22.6 Å². The first kappa shape index (κ1) is 16.6.